The molecule has 0 fully saturated rings. The van der Waals surface area contributed by atoms with Crippen LogP contribution in [0.4, 0.5) is 5.69 Å². The van der Waals surface area contributed by atoms with Gasteiger partial charge >= 0.3 is 5.97 Å². The summed E-state index contributed by atoms with van der Waals surface area (Å²) >= 11 is 3.27. The van der Waals surface area contributed by atoms with Gasteiger partial charge in [0.05, 0.1) is 35.8 Å². The highest BCUT2D eigenvalue weighted by molar-refractivity contribution is 7.12. The van der Waals surface area contributed by atoms with E-state index in [-0.39, 0.29) is 24.5 Å². The molecule has 1 N–H and O–H groups in total. The Morgan fingerprint density at radius 3 is 2.67 bits per heavy atom. The first-order valence-electron chi connectivity index (χ1n) is 9.46. The molecule has 6 nitrogen and oxygen atoms in total. The van der Waals surface area contributed by atoms with E-state index < -0.39 is 0 Å². The van der Waals surface area contributed by atoms with Crippen LogP contribution in [0, 0.1) is 6.92 Å². The maximum atomic E-state index is 13.1. The van der Waals surface area contributed by atoms with Gasteiger partial charge in [-0.05, 0) is 53.6 Å². The molecule has 4 rings (SSSR count). The van der Waals surface area contributed by atoms with Crippen LogP contribution in [-0.2, 0) is 9.53 Å². The largest absolute Gasteiger partial charge is 0.465 e. The molecule has 1 amide bonds. The lowest BCUT2D eigenvalue weighted by Gasteiger charge is -2.21. The normalized spacial score (nSPS) is 15.7. The molecule has 1 aliphatic rings. The number of methoxy groups -OCH3 is 1. The van der Waals surface area contributed by atoms with Crippen LogP contribution in [0.25, 0.3) is 0 Å². The fourth-order valence-corrected chi connectivity index (χ4v) is 4.93. The fraction of sp³-hybridized carbons (Fsp3) is 0.227. The lowest BCUT2D eigenvalue weighted by atomic mass is 10.1. The standard InChI is InChI=1S/C22H21N3O3S2/c1-14-11-15(22(27)28-2)7-8-16(14)23-13-21(26)25-18(20-6-4-10-30-20)12-17(24-25)19-5-3-9-29-19/h3-11,18,23H,12-13H2,1-2H3. The van der Waals surface area contributed by atoms with Crippen molar-refractivity contribution in [3.8, 4) is 0 Å². The summed E-state index contributed by atoms with van der Waals surface area (Å²) in [5.41, 5.74) is 3.08. The summed E-state index contributed by atoms with van der Waals surface area (Å²) in [5.74, 6) is -0.483. The fourth-order valence-electron chi connectivity index (χ4n) is 3.39. The number of hydrogen-bond donors (Lipinski definition) is 1. The van der Waals surface area contributed by atoms with Crippen molar-refractivity contribution in [2.45, 2.75) is 19.4 Å². The molecule has 2 aromatic heterocycles. The molecule has 0 radical (unpaired) electrons. The van der Waals surface area contributed by atoms with Crippen molar-refractivity contribution in [3.63, 3.8) is 0 Å². The molecule has 1 aromatic carbocycles. The molecule has 30 heavy (non-hydrogen) atoms. The molecule has 0 bridgehead atoms. The first-order valence-corrected chi connectivity index (χ1v) is 11.2. The molecular weight excluding hydrogens is 418 g/mol. The summed E-state index contributed by atoms with van der Waals surface area (Å²) in [7, 11) is 1.35. The number of nitrogens with one attached hydrogen (secondary N) is 1. The molecular formula is C22H21N3O3S2. The number of carbonyl (C=O) groups excluding carboxylic acids is 2. The monoisotopic (exact) mass is 439 g/mol. The van der Waals surface area contributed by atoms with Gasteiger partial charge in [-0.3, -0.25) is 4.79 Å². The van der Waals surface area contributed by atoms with Crippen molar-refractivity contribution in [1.82, 2.24) is 5.01 Å². The number of rotatable bonds is 6. The quantitative estimate of drug-likeness (QED) is 0.566. The molecule has 0 spiro atoms. The van der Waals surface area contributed by atoms with E-state index in [0.717, 1.165) is 26.7 Å². The number of anilines is 1. The number of ether oxygens (including phenoxy) is 1. The number of benzene rings is 1. The Bertz CT molecular complexity index is 1080. The minimum absolute atomic E-state index is 0.0841. The average Bonchev–Trinajstić information content (AvgIpc) is 3.52. The van der Waals surface area contributed by atoms with Gasteiger partial charge in [-0.1, -0.05) is 12.1 Å². The highest BCUT2D eigenvalue weighted by atomic mass is 32.1. The Morgan fingerprint density at radius 1 is 1.20 bits per heavy atom. The van der Waals surface area contributed by atoms with E-state index in [0.29, 0.717) is 12.0 Å². The van der Waals surface area contributed by atoms with Gasteiger partial charge in [0.2, 0.25) is 0 Å². The van der Waals surface area contributed by atoms with E-state index >= 15 is 0 Å². The number of carbonyl (C=O) groups is 2. The summed E-state index contributed by atoms with van der Waals surface area (Å²) in [6.45, 7) is 2.00. The number of thiophene rings is 2. The van der Waals surface area contributed by atoms with Gasteiger partial charge in [0, 0.05) is 17.0 Å². The zero-order valence-corrected chi connectivity index (χ0v) is 18.3. The van der Waals surface area contributed by atoms with Crippen LogP contribution < -0.4 is 5.32 Å². The molecule has 3 heterocycles. The van der Waals surface area contributed by atoms with E-state index in [1.807, 2.05) is 41.9 Å². The molecule has 0 saturated carbocycles. The highest BCUT2D eigenvalue weighted by Crippen LogP contribution is 2.36. The van der Waals surface area contributed by atoms with Gasteiger partial charge in [0.1, 0.15) is 0 Å². The number of esters is 1. The topological polar surface area (TPSA) is 71.0 Å². The third-order valence-corrected chi connectivity index (χ3v) is 6.81. The molecule has 1 aliphatic heterocycles. The van der Waals surface area contributed by atoms with Gasteiger partial charge in [0.25, 0.3) is 5.91 Å². The second-order valence-corrected chi connectivity index (χ2v) is 8.80. The molecule has 3 aromatic rings. The number of aryl methyl sites for hydroxylation is 1. The Labute approximate surface area is 182 Å². The van der Waals surface area contributed by atoms with Crippen molar-refractivity contribution >= 4 is 45.9 Å². The zero-order valence-electron chi connectivity index (χ0n) is 16.6. The predicted octanol–water partition coefficient (Wildman–Crippen LogP) is 4.69. The Hall–Kier alpha value is -2.97. The summed E-state index contributed by atoms with van der Waals surface area (Å²) in [6.07, 6.45) is 0.708. The third-order valence-electron chi connectivity index (χ3n) is 4.92. The summed E-state index contributed by atoms with van der Waals surface area (Å²) in [6, 6.07) is 13.2. The van der Waals surface area contributed by atoms with Crippen molar-refractivity contribution in [2.75, 3.05) is 19.0 Å². The van der Waals surface area contributed by atoms with E-state index in [4.69, 9.17) is 4.74 Å². The Morgan fingerprint density at radius 2 is 2.00 bits per heavy atom. The molecule has 1 atom stereocenters. The maximum Gasteiger partial charge on any atom is 0.337 e. The van der Waals surface area contributed by atoms with Gasteiger partial charge in [-0.25, -0.2) is 9.80 Å². The second kappa shape index (κ2) is 8.81. The predicted molar refractivity (Wildman–Crippen MR) is 120 cm³/mol. The minimum Gasteiger partial charge on any atom is -0.465 e. The SMILES string of the molecule is COC(=O)c1ccc(NCC(=O)N2N=C(c3cccs3)CC2c2cccs2)c(C)c1. The van der Waals surface area contributed by atoms with Crippen molar-refractivity contribution < 1.29 is 14.3 Å². The number of nitrogens with zero attached hydrogens (tertiary/aromatic N) is 2. The van der Waals surface area contributed by atoms with Gasteiger partial charge < -0.3 is 10.1 Å². The Balaban J connectivity index is 1.50. The van der Waals surface area contributed by atoms with E-state index in [9.17, 15) is 9.59 Å². The third kappa shape index (κ3) is 4.15. The number of hydrazone groups is 1. The lowest BCUT2D eigenvalue weighted by Crippen LogP contribution is -2.32. The van der Waals surface area contributed by atoms with Crippen LogP contribution in [0.2, 0.25) is 0 Å². The molecule has 0 aliphatic carbocycles. The Kier molecular flexibility index (Phi) is 5.96. The smallest absolute Gasteiger partial charge is 0.337 e. The van der Waals surface area contributed by atoms with Crippen LogP contribution in [0.3, 0.4) is 0 Å². The molecule has 8 heteroatoms. The van der Waals surface area contributed by atoms with Crippen LogP contribution in [-0.4, -0.2) is 36.3 Å². The van der Waals surface area contributed by atoms with Crippen LogP contribution >= 0.6 is 22.7 Å². The number of amides is 1. The molecule has 1 unspecified atom stereocenters. The van der Waals surface area contributed by atoms with E-state index in [2.05, 4.69) is 10.4 Å². The second-order valence-electron chi connectivity index (χ2n) is 6.87. The van der Waals surface area contributed by atoms with Crippen LogP contribution in [0.15, 0.2) is 58.3 Å². The molecule has 154 valence electrons. The van der Waals surface area contributed by atoms with Crippen molar-refractivity contribution in [2.24, 2.45) is 5.10 Å². The summed E-state index contributed by atoms with van der Waals surface area (Å²) in [5, 5.41) is 13.5. The first kappa shape index (κ1) is 20.3. The summed E-state index contributed by atoms with van der Waals surface area (Å²) < 4.78 is 4.75. The average molecular weight is 440 g/mol. The minimum atomic E-state index is -0.382. The number of hydrogen-bond acceptors (Lipinski definition) is 7. The summed E-state index contributed by atoms with van der Waals surface area (Å²) in [4.78, 5) is 27.0. The zero-order chi connectivity index (χ0) is 21.1. The van der Waals surface area contributed by atoms with Crippen LogP contribution in [0.5, 0.6) is 0 Å². The van der Waals surface area contributed by atoms with Gasteiger partial charge in [0.15, 0.2) is 0 Å². The van der Waals surface area contributed by atoms with E-state index in [1.165, 1.54) is 7.11 Å². The van der Waals surface area contributed by atoms with Crippen molar-refractivity contribution in [1.29, 1.82) is 0 Å². The lowest BCUT2D eigenvalue weighted by molar-refractivity contribution is -0.131. The highest BCUT2D eigenvalue weighted by Gasteiger charge is 2.33. The van der Waals surface area contributed by atoms with Gasteiger partial charge in [-0.2, -0.15) is 5.10 Å². The van der Waals surface area contributed by atoms with E-state index in [1.54, 1.807) is 45.9 Å². The van der Waals surface area contributed by atoms with Gasteiger partial charge in [-0.15, -0.1) is 22.7 Å². The maximum absolute atomic E-state index is 13.1. The molecule has 0 saturated heterocycles. The first-order chi connectivity index (χ1) is 14.6. The van der Waals surface area contributed by atoms with Crippen LogP contribution in [0.1, 0.15) is 38.1 Å². The van der Waals surface area contributed by atoms with Crippen molar-refractivity contribution in [3.05, 3.63) is 74.1 Å².